The first-order valence-electron chi connectivity index (χ1n) is 6.47. The van der Waals surface area contributed by atoms with Crippen molar-refractivity contribution in [1.29, 1.82) is 0 Å². The van der Waals surface area contributed by atoms with Crippen molar-refractivity contribution < 1.29 is 0 Å². The Morgan fingerprint density at radius 1 is 1.25 bits per heavy atom. The topological polar surface area (TPSA) is 12.0 Å². The summed E-state index contributed by atoms with van der Waals surface area (Å²) in [5.74, 6) is 0. The Bertz CT molecular complexity index is 598. The highest BCUT2D eigenvalue weighted by molar-refractivity contribution is 9.11. The van der Waals surface area contributed by atoms with Gasteiger partial charge in [0, 0.05) is 4.88 Å². The van der Waals surface area contributed by atoms with Gasteiger partial charge in [0.1, 0.15) is 0 Å². The second-order valence-electron chi connectivity index (χ2n) is 4.62. The van der Waals surface area contributed by atoms with E-state index in [1.165, 1.54) is 10.4 Å². The molecular formula is C15H16BrCl2NS. The van der Waals surface area contributed by atoms with Crippen molar-refractivity contribution in [3.05, 3.63) is 54.1 Å². The monoisotopic (exact) mass is 391 g/mol. The average Bonchev–Trinajstić information content (AvgIpc) is 2.73. The first-order chi connectivity index (χ1) is 9.52. The number of thiophene rings is 1. The van der Waals surface area contributed by atoms with E-state index in [1.807, 2.05) is 18.2 Å². The summed E-state index contributed by atoms with van der Waals surface area (Å²) in [4.78, 5) is 1.30. The Morgan fingerprint density at radius 3 is 2.55 bits per heavy atom. The molecule has 5 heteroatoms. The number of rotatable bonds is 5. The van der Waals surface area contributed by atoms with Gasteiger partial charge < -0.3 is 5.32 Å². The minimum absolute atomic E-state index is 0.146. The molecule has 0 saturated carbocycles. The number of hydrogen-bond acceptors (Lipinski definition) is 2. The molecule has 0 fully saturated rings. The quantitative estimate of drug-likeness (QED) is 0.637. The fourth-order valence-electron chi connectivity index (χ4n) is 2.13. The Labute approximate surface area is 142 Å². The van der Waals surface area contributed by atoms with Gasteiger partial charge in [-0.05, 0) is 65.1 Å². The van der Waals surface area contributed by atoms with Crippen molar-refractivity contribution >= 4 is 50.5 Å². The summed E-state index contributed by atoms with van der Waals surface area (Å²) < 4.78 is 1.15. The maximum absolute atomic E-state index is 6.16. The molecule has 0 radical (unpaired) electrons. The zero-order chi connectivity index (χ0) is 14.7. The molecule has 1 aromatic carbocycles. The fourth-order valence-corrected chi connectivity index (χ4v) is 4.19. The van der Waals surface area contributed by atoms with Crippen molar-refractivity contribution in [1.82, 2.24) is 5.32 Å². The number of benzene rings is 1. The number of nitrogens with one attached hydrogen (secondary N) is 1. The van der Waals surface area contributed by atoms with Crippen molar-refractivity contribution in [2.45, 2.75) is 26.3 Å². The van der Waals surface area contributed by atoms with E-state index in [0.29, 0.717) is 10.0 Å². The van der Waals surface area contributed by atoms with E-state index in [9.17, 15) is 0 Å². The molecule has 0 aliphatic heterocycles. The lowest BCUT2D eigenvalue weighted by Crippen LogP contribution is -2.23. The third-order valence-corrected chi connectivity index (χ3v) is 5.42. The van der Waals surface area contributed by atoms with Crippen molar-refractivity contribution in [2.24, 2.45) is 0 Å². The second kappa shape index (κ2) is 7.28. The second-order valence-corrected chi connectivity index (χ2v) is 8.07. The van der Waals surface area contributed by atoms with Gasteiger partial charge in [0.05, 0.1) is 19.9 Å². The van der Waals surface area contributed by atoms with E-state index >= 15 is 0 Å². The van der Waals surface area contributed by atoms with Crippen LogP contribution in [-0.2, 0) is 0 Å². The normalized spacial score (nSPS) is 12.7. The molecule has 0 spiro atoms. The van der Waals surface area contributed by atoms with Gasteiger partial charge in [0.2, 0.25) is 0 Å². The Morgan fingerprint density at radius 2 is 2.00 bits per heavy atom. The van der Waals surface area contributed by atoms with E-state index < -0.39 is 0 Å². The van der Waals surface area contributed by atoms with Gasteiger partial charge in [0.25, 0.3) is 0 Å². The summed E-state index contributed by atoms with van der Waals surface area (Å²) in [7, 11) is 0. The van der Waals surface area contributed by atoms with E-state index in [-0.39, 0.29) is 6.04 Å². The smallest absolute Gasteiger partial charge is 0.0704 e. The Kier molecular flexibility index (Phi) is 5.94. The molecule has 1 N–H and O–H groups in total. The molecule has 2 aromatic rings. The molecule has 2 rings (SSSR count). The maximum atomic E-state index is 6.16. The Balaban J connectivity index is 2.41. The highest BCUT2D eigenvalue weighted by Gasteiger charge is 2.18. The van der Waals surface area contributed by atoms with Crippen LogP contribution in [0.3, 0.4) is 0 Å². The van der Waals surface area contributed by atoms with Crippen LogP contribution in [0.15, 0.2) is 28.1 Å². The molecule has 1 heterocycles. The Hall–Kier alpha value is -0.0600. The molecule has 0 bridgehead atoms. The summed E-state index contributed by atoms with van der Waals surface area (Å²) in [6, 6.07) is 8.16. The minimum atomic E-state index is 0.146. The van der Waals surface area contributed by atoms with Crippen LogP contribution in [-0.4, -0.2) is 6.54 Å². The molecule has 0 saturated heterocycles. The first kappa shape index (κ1) is 16.3. The van der Waals surface area contributed by atoms with Crippen LogP contribution in [0.1, 0.15) is 35.4 Å². The molecular weight excluding hydrogens is 377 g/mol. The summed E-state index contributed by atoms with van der Waals surface area (Å²) in [6.07, 6.45) is 1.09. The summed E-state index contributed by atoms with van der Waals surface area (Å²) in [6.45, 7) is 5.26. The minimum Gasteiger partial charge on any atom is -0.306 e. The number of hydrogen-bond donors (Lipinski definition) is 1. The van der Waals surface area contributed by atoms with Gasteiger partial charge in [-0.1, -0.05) is 36.2 Å². The van der Waals surface area contributed by atoms with Gasteiger partial charge in [-0.3, -0.25) is 0 Å². The van der Waals surface area contributed by atoms with Crippen LogP contribution in [0, 0.1) is 6.92 Å². The van der Waals surface area contributed by atoms with Crippen LogP contribution >= 0.6 is 50.5 Å². The molecule has 0 aliphatic rings. The zero-order valence-corrected chi connectivity index (χ0v) is 15.3. The molecule has 1 aromatic heterocycles. The van der Waals surface area contributed by atoms with Gasteiger partial charge in [-0.25, -0.2) is 0 Å². The van der Waals surface area contributed by atoms with E-state index in [1.54, 1.807) is 11.3 Å². The molecule has 20 heavy (non-hydrogen) atoms. The summed E-state index contributed by atoms with van der Waals surface area (Å²) >= 11 is 17.5. The molecule has 108 valence electrons. The van der Waals surface area contributed by atoms with Crippen molar-refractivity contribution in [2.75, 3.05) is 6.54 Å². The van der Waals surface area contributed by atoms with Crippen LogP contribution < -0.4 is 5.32 Å². The first-order valence-corrected chi connectivity index (χ1v) is 8.83. The highest BCUT2D eigenvalue weighted by atomic mass is 79.9. The molecule has 1 unspecified atom stereocenters. The molecule has 1 atom stereocenters. The molecule has 1 nitrogen and oxygen atoms in total. The third-order valence-electron chi connectivity index (χ3n) is 3.11. The maximum Gasteiger partial charge on any atom is 0.0704 e. The average molecular weight is 393 g/mol. The molecule has 0 aliphatic carbocycles. The molecule has 0 amide bonds. The lowest BCUT2D eigenvalue weighted by molar-refractivity contribution is 0.598. The van der Waals surface area contributed by atoms with Gasteiger partial charge >= 0.3 is 0 Å². The van der Waals surface area contributed by atoms with Crippen LogP contribution in [0.5, 0.6) is 0 Å². The largest absolute Gasteiger partial charge is 0.306 e. The zero-order valence-electron chi connectivity index (χ0n) is 11.3. The van der Waals surface area contributed by atoms with E-state index in [2.05, 4.69) is 41.2 Å². The van der Waals surface area contributed by atoms with E-state index in [0.717, 1.165) is 22.3 Å². The standard InChI is InChI=1S/C15H16BrCl2NS/c1-3-6-19-15(11-8-14(16)20-9(11)2)10-4-5-12(17)13(18)7-10/h4-5,7-8,15,19H,3,6H2,1-2H3. The SMILES string of the molecule is CCCNC(c1ccc(Cl)c(Cl)c1)c1cc(Br)sc1C. The highest BCUT2D eigenvalue weighted by Crippen LogP contribution is 2.35. The van der Waals surface area contributed by atoms with Crippen LogP contribution in [0.25, 0.3) is 0 Å². The van der Waals surface area contributed by atoms with Crippen LogP contribution in [0.4, 0.5) is 0 Å². The van der Waals surface area contributed by atoms with Gasteiger partial charge in [0.15, 0.2) is 0 Å². The predicted octanol–water partition coefficient (Wildman–Crippen LogP) is 6.21. The number of halogens is 3. The van der Waals surface area contributed by atoms with Crippen LogP contribution in [0.2, 0.25) is 10.0 Å². The summed E-state index contributed by atoms with van der Waals surface area (Å²) in [5.41, 5.74) is 2.43. The lowest BCUT2D eigenvalue weighted by atomic mass is 9.99. The number of aryl methyl sites for hydroxylation is 1. The summed E-state index contributed by atoms with van der Waals surface area (Å²) in [5, 5.41) is 4.77. The van der Waals surface area contributed by atoms with Crippen molar-refractivity contribution in [3.8, 4) is 0 Å². The van der Waals surface area contributed by atoms with Gasteiger partial charge in [-0.15, -0.1) is 11.3 Å². The van der Waals surface area contributed by atoms with Crippen molar-refractivity contribution in [3.63, 3.8) is 0 Å². The third kappa shape index (κ3) is 3.77. The van der Waals surface area contributed by atoms with E-state index in [4.69, 9.17) is 23.2 Å². The van der Waals surface area contributed by atoms with Gasteiger partial charge in [-0.2, -0.15) is 0 Å². The fraction of sp³-hybridized carbons (Fsp3) is 0.333. The predicted molar refractivity (Wildman–Crippen MR) is 93.4 cm³/mol. The lowest BCUT2D eigenvalue weighted by Gasteiger charge is -2.20.